The van der Waals surface area contributed by atoms with Crippen LogP contribution in [0.25, 0.3) is 0 Å². The van der Waals surface area contributed by atoms with Gasteiger partial charge in [-0.05, 0) is 31.5 Å². The lowest BCUT2D eigenvalue weighted by Gasteiger charge is -2.32. The number of hydrogen-bond donors (Lipinski definition) is 1. The maximum atomic E-state index is 13.3. The molecule has 0 saturated carbocycles. The zero-order chi connectivity index (χ0) is 20.6. The Labute approximate surface area is 169 Å². The van der Waals surface area contributed by atoms with Crippen molar-refractivity contribution in [3.05, 3.63) is 60.1 Å². The van der Waals surface area contributed by atoms with Crippen molar-refractivity contribution in [2.75, 3.05) is 13.2 Å². The molecule has 2 fully saturated rings. The highest BCUT2D eigenvalue weighted by molar-refractivity contribution is 6.09. The van der Waals surface area contributed by atoms with Gasteiger partial charge in [0.1, 0.15) is 11.3 Å². The Hall–Kier alpha value is -2.93. The average molecular weight is 396 g/mol. The third-order valence-corrected chi connectivity index (χ3v) is 5.88. The molecule has 7 heteroatoms. The van der Waals surface area contributed by atoms with Crippen LogP contribution in [0.2, 0.25) is 0 Å². The van der Waals surface area contributed by atoms with Crippen molar-refractivity contribution in [1.82, 2.24) is 10.2 Å². The highest BCUT2D eigenvalue weighted by Crippen LogP contribution is 2.50. The summed E-state index contributed by atoms with van der Waals surface area (Å²) in [5, 5.41) is 3.31. The largest absolute Gasteiger partial charge is 0.468 e. The van der Waals surface area contributed by atoms with Gasteiger partial charge in [-0.15, -0.1) is 0 Å². The fourth-order valence-electron chi connectivity index (χ4n) is 4.69. The Kier molecular flexibility index (Phi) is 5.00. The number of carbonyl (C=O) groups excluding carboxylic acids is 3. The number of esters is 1. The second-order valence-electron chi connectivity index (χ2n) is 7.42. The first-order valence-electron chi connectivity index (χ1n) is 9.91. The van der Waals surface area contributed by atoms with Gasteiger partial charge in [0.2, 0.25) is 11.8 Å². The lowest BCUT2D eigenvalue weighted by molar-refractivity contribution is -0.156. The third-order valence-electron chi connectivity index (χ3n) is 5.88. The van der Waals surface area contributed by atoms with Crippen molar-refractivity contribution in [1.29, 1.82) is 0 Å². The summed E-state index contributed by atoms with van der Waals surface area (Å²) in [4.78, 5) is 40.9. The van der Waals surface area contributed by atoms with E-state index < -0.39 is 29.4 Å². The smallest absolute Gasteiger partial charge is 0.327 e. The lowest BCUT2D eigenvalue weighted by atomic mass is 9.76. The Morgan fingerprint density at radius 1 is 1.14 bits per heavy atom. The first-order valence-corrected chi connectivity index (χ1v) is 9.91. The highest BCUT2D eigenvalue weighted by atomic mass is 16.5. The van der Waals surface area contributed by atoms with Crippen molar-refractivity contribution >= 4 is 17.8 Å². The summed E-state index contributed by atoms with van der Waals surface area (Å²) in [5.74, 6) is -2.19. The minimum Gasteiger partial charge on any atom is -0.468 e. The Morgan fingerprint density at radius 3 is 2.52 bits per heavy atom. The molecule has 2 aliphatic rings. The van der Waals surface area contributed by atoms with E-state index in [9.17, 15) is 14.4 Å². The van der Waals surface area contributed by atoms with Crippen LogP contribution in [0.15, 0.2) is 53.1 Å². The zero-order valence-corrected chi connectivity index (χ0v) is 16.5. The quantitative estimate of drug-likeness (QED) is 0.594. The molecule has 2 aromatic rings. The molecule has 0 radical (unpaired) electrons. The molecule has 0 bridgehead atoms. The summed E-state index contributed by atoms with van der Waals surface area (Å²) >= 11 is 0. The third kappa shape index (κ3) is 2.97. The highest BCUT2D eigenvalue weighted by Gasteiger charge is 2.69. The van der Waals surface area contributed by atoms with Gasteiger partial charge in [-0.2, -0.15) is 0 Å². The van der Waals surface area contributed by atoms with Crippen LogP contribution in [0.4, 0.5) is 0 Å². The molecule has 152 valence electrons. The molecule has 29 heavy (non-hydrogen) atoms. The fourth-order valence-corrected chi connectivity index (χ4v) is 4.69. The van der Waals surface area contributed by atoms with Gasteiger partial charge in [-0.1, -0.05) is 30.3 Å². The maximum absolute atomic E-state index is 13.3. The van der Waals surface area contributed by atoms with Gasteiger partial charge in [0.05, 0.1) is 30.7 Å². The minimum absolute atomic E-state index is 0.180. The van der Waals surface area contributed by atoms with Gasteiger partial charge >= 0.3 is 5.97 Å². The number of likely N-dealkylation sites (tertiary alicyclic amines) is 1. The molecule has 2 aliphatic heterocycles. The Balaban J connectivity index is 1.85. The van der Waals surface area contributed by atoms with Crippen LogP contribution < -0.4 is 5.32 Å². The topological polar surface area (TPSA) is 88.8 Å². The SMILES string of the molecule is CCOC(=O)[C@]1(Cc2ccccc2)N[C@@H](c2ccco2)[C@@H]2C(=O)N(CC)C(=O)[C@H]21. The van der Waals surface area contributed by atoms with Crippen LogP contribution >= 0.6 is 0 Å². The second-order valence-corrected chi connectivity index (χ2v) is 7.42. The van der Waals surface area contributed by atoms with Crippen molar-refractivity contribution in [2.24, 2.45) is 11.8 Å². The number of benzene rings is 1. The summed E-state index contributed by atoms with van der Waals surface area (Å²) in [6.07, 6.45) is 1.76. The molecular weight excluding hydrogens is 372 g/mol. The number of hydrogen-bond acceptors (Lipinski definition) is 6. The van der Waals surface area contributed by atoms with Gasteiger partial charge in [-0.25, -0.2) is 0 Å². The number of fused-ring (bicyclic) bond motifs is 1. The molecule has 2 amide bonds. The summed E-state index contributed by atoms with van der Waals surface area (Å²) in [6, 6.07) is 12.3. The summed E-state index contributed by atoms with van der Waals surface area (Å²) in [7, 11) is 0. The van der Waals surface area contributed by atoms with Crippen LogP contribution in [0.5, 0.6) is 0 Å². The number of nitrogens with zero attached hydrogens (tertiary/aromatic N) is 1. The van der Waals surface area contributed by atoms with E-state index in [1.165, 1.54) is 11.2 Å². The molecule has 7 nitrogen and oxygen atoms in total. The van der Waals surface area contributed by atoms with Crippen molar-refractivity contribution in [3.63, 3.8) is 0 Å². The molecule has 4 atom stereocenters. The van der Waals surface area contributed by atoms with Gasteiger partial charge in [0.15, 0.2) is 0 Å². The van der Waals surface area contributed by atoms with Gasteiger partial charge in [0.25, 0.3) is 0 Å². The van der Waals surface area contributed by atoms with E-state index in [4.69, 9.17) is 9.15 Å². The molecule has 0 spiro atoms. The predicted molar refractivity (Wildman–Crippen MR) is 103 cm³/mol. The van der Waals surface area contributed by atoms with E-state index in [0.29, 0.717) is 5.76 Å². The standard InChI is InChI=1S/C22H24N2O5/c1-3-24-19(25)16-17(20(24)26)22(21(27)28-4-2,13-14-9-6-5-7-10-14)23-18(16)15-11-8-12-29-15/h5-12,16-18,23H,3-4,13H2,1-2H3/t16-,17+,18+,22-/m1/s1. The van der Waals surface area contributed by atoms with Crippen molar-refractivity contribution < 1.29 is 23.5 Å². The van der Waals surface area contributed by atoms with Crippen LogP contribution in [-0.4, -0.2) is 41.4 Å². The minimum atomic E-state index is -1.35. The van der Waals surface area contributed by atoms with E-state index in [2.05, 4.69) is 5.32 Å². The van der Waals surface area contributed by atoms with Crippen LogP contribution in [0.3, 0.4) is 0 Å². The van der Waals surface area contributed by atoms with E-state index in [0.717, 1.165) is 5.56 Å². The number of nitrogens with one attached hydrogen (secondary N) is 1. The second kappa shape index (κ2) is 7.48. The maximum Gasteiger partial charge on any atom is 0.327 e. The summed E-state index contributed by atoms with van der Waals surface area (Å²) in [6.45, 7) is 3.93. The molecule has 2 saturated heterocycles. The van der Waals surface area contributed by atoms with Crippen molar-refractivity contribution in [3.8, 4) is 0 Å². The number of furan rings is 1. The predicted octanol–water partition coefficient (Wildman–Crippen LogP) is 2.09. The molecule has 4 rings (SSSR count). The fraction of sp³-hybridized carbons (Fsp3) is 0.409. The van der Waals surface area contributed by atoms with E-state index >= 15 is 0 Å². The van der Waals surface area contributed by atoms with Crippen molar-refractivity contribution in [2.45, 2.75) is 31.8 Å². The van der Waals surface area contributed by atoms with E-state index in [1.807, 2.05) is 30.3 Å². The number of rotatable bonds is 6. The monoisotopic (exact) mass is 396 g/mol. The zero-order valence-electron chi connectivity index (χ0n) is 16.5. The number of imide groups is 1. The molecule has 0 aliphatic carbocycles. The number of ether oxygens (including phenoxy) is 1. The normalized spacial score (nSPS) is 28.6. The Bertz CT molecular complexity index is 911. The summed E-state index contributed by atoms with van der Waals surface area (Å²) < 4.78 is 11.0. The Morgan fingerprint density at radius 2 is 1.90 bits per heavy atom. The van der Waals surface area contributed by atoms with Crippen LogP contribution in [-0.2, 0) is 25.5 Å². The molecule has 3 heterocycles. The first kappa shape index (κ1) is 19.4. The van der Waals surface area contributed by atoms with Crippen LogP contribution in [0.1, 0.15) is 31.2 Å². The molecule has 1 aromatic carbocycles. The van der Waals surface area contributed by atoms with Gasteiger partial charge < -0.3 is 9.15 Å². The van der Waals surface area contributed by atoms with Crippen LogP contribution in [0, 0.1) is 11.8 Å². The first-order chi connectivity index (χ1) is 14.0. The number of carbonyl (C=O) groups is 3. The molecule has 0 unspecified atom stereocenters. The van der Waals surface area contributed by atoms with E-state index in [1.54, 1.807) is 26.0 Å². The lowest BCUT2D eigenvalue weighted by Crippen LogP contribution is -2.58. The molecular formula is C22H24N2O5. The summed E-state index contributed by atoms with van der Waals surface area (Å²) in [5.41, 5.74) is -0.474. The van der Waals surface area contributed by atoms with Gasteiger partial charge in [-0.3, -0.25) is 24.6 Å². The average Bonchev–Trinajstić information content (AvgIpc) is 3.41. The molecule has 1 aromatic heterocycles. The van der Waals surface area contributed by atoms with E-state index in [-0.39, 0.29) is 31.4 Å². The molecule has 1 N–H and O–H groups in total. The van der Waals surface area contributed by atoms with Gasteiger partial charge in [0, 0.05) is 13.0 Å². The number of amides is 2.